The average molecular weight is 362 g/mol. The zero-order chi connectivity index (χ0) is 19.2. The first-order chi connectivity index (χ1) is 13.0. The van der Waals surface area contributed by atoms with Crippen molar-refractivity contribution < 1.29 is 9.59 Å². The van der Waals surface area contributed by atoms with Crippen molar-refractivity contribution in [2.24, 2.45) is 5.10 Å². The maximum Gasteiger partial charge on any atom is 0.240 e. The van der Waals surface area contributed by atoms with Crippen molar-refractivity contribution in [2.75, 3.05) is 5.32 Å². The Labute approximate surface area is 157 Å². The quantitative estimate of drug-likeness (QED) is 0.462. The molecule has 0 unspecified atom stereocenters. The SMILES string of the molecule is Cc1ccc(C)c(NC(=O)CCC(=O)N/N=C\c2c[nH]c3ccccc23)c1. The molecule has 6 nitrogen and oxygen atoms in total. The van der Waals surface area contributed by atoms with Gasteiger partial charge in [-0.2, -0.15) is 5.10 Å². The normalized spacial score (nSPS) is 11.0. The number of benzene rings is 2. The topological polar surface area (TPSA) is 86.3 Å². The van der Waals surface area contributed by atoms with E-state index in [1.807, 2.05) is 62.5 Å². The summed E-state index contributed by atoms with van der Waals surface area (Å²) in [6.07, 6.45) is 3.59. The van der Waals surface area contributed by atoms with Crippen LogP contribution in [0.1, 0.15) is 29.5 Å². The van der Waals surface area contributed by atoms with Crippen LogP contribution in [0.3, 0.4) is 0 Å². The number of nitrogens with zero attached hydrogens (tertiary/aromatic N) is 1. The third-order valence-corrected chi connectivity index (χ3v) is 4.26. The van der Waals surface area contributed by atoms with Gasteiger partial charge in [-0.25, -0.2) is 5.43 Å². The molecule has 6 heteroatoms. The Bertz CT molecular complexity index is 1000. The van der Waals surface area contributed by atoms with Gasteiger partial charge in [0.2, 0.25) is 11.8 Å². The predicted molar refractivity (Wildman–Crippen MR) is 108 cm³/mol. The number of aromatic nitrogens is 1. The Morgan fingerprint density at radius 3 is 2.70 bits per heavy atom. The number of anilines is 1. The molecule has 27 heavy (non-hydrogen) atoms. The highest BCUT2D eigenvalue weighted by Gasteiger charge is 2.08. The fraction of sp³-hybridized carbons (Fsp3) is 0.190. The summed E-state index contributed by atoms with van der Waals surface area (Å²) in [5.74, 6) is -0.498. The molecule has 3 N–H and O–H groups in total. The second-order valence-electron chi connectivity index (χ2n) is 6.45. The lowest BCUT2D eigenvalue weighted by Crippen LogP contribution is -2.20. The highest BCUT2D eigenvalue weighted by atomic mass is 16.2. The van der Waals surface area contributed by atoms with Crippen LogP contribution in [-0.2, 0) is 9.59 Å². The maximum atomic E-state index is 12.1. The number of para-hydroxylation sites is 1. The average Bonchev–Trinajstić information content (AvgIpc) is 3.06. The van der Waals surface area contributed by atoms with Crippen molar-refractivity contribution in [3.63, 3.8) is 0 Å². The predicted octanol–water partition coefficient (Wildman–Crippen LogP) is 3.65. The van der Waals surface area contributed by atoms with Crippen LogP contribution in [-0.4, -0.2) is 23.0 Å². The molecule has 0 atom stereocenters. The number of aromatic amines is 1. The zero-order valence-corrected chi connectivity index (χ0v) is 15.4. The summed E-state index contributed by atoms with van der Waals surface area (Å²) in [7, 11) is 0. The molecular weight excluding hydrogens is 340 g/mol. The van der Waals surface area contributed by atoms with Crippen LogP contribution in [0.5, 0.6) is 0 Å². The van der Waals surface area contributed by atoms with E-state index in [1.54, 1.807) is 6.21 Å². The minimum atomic E-state index is -0.304. The van der Waals surface area contributed by atoms with Gasteiger partial charge in [-0.1, -0.05) is 30.3 Å². The van der Waals surface area contributed by atoms with Gasteiger partial charge in [0.05, 0.1) is 6.21 Å². The second kappa shape index (κ2) is 8.31. The molecule has 1 heterocycles. The largest absolute Gasteiger partial charge is 0.361 e. The van der Waals surface area contributed by atoms with Gasteiger partial charge in [0.1, 0.15) is 0 Å². The van der Waals surface area contributed by atoms with Gasteiger partial charge >= 0.3 is 0 Å². The molecule has 3 rings (SSSR count). The molecule has 0 saturated heterocycles. The molecule has 3 aromatic rings. The number of fused-ring (bicyclic) bond motifs is 1. The number of carbonyl (C=O) groups is 2. The van der Waals surface area contributed by atoms with Crippen molar-refractivity contribution in [2.45, 2.75) is 26.7 Å². The van der Waals surface area contributed by atoms with E-state index in [0.717, 1.165) is 33.3 Å². The number of rotatable bonds is 6. The minimum absolute atomic E-state index is 0.0714. The van der Waals surface area contributed by atoms with Crippen LogP contribution in [0.2, 0.25) is 0 Å². The molecule has 0 aliphatic heterocycles. The molecule has 0 fully saturated rings. The molecule has 138 valence electrons. The summed E-state index contributed by atoms with van der Waals surface area (Å²) in [6, 6.07) is 13.7. The Kier molecular flexibility index (Phi) is 5.66. The fourth-order valence-corrected chi connectivity index (χ4v) is 2.74. The molecule has 0 bridgehead atoms. The minimum Gasteiger partial charge on any atom is -0.361 e. The Morgan fingerprint density at radius 2 is 1.85 bits per heavy atom. The second-order valence-corrected chi connectivity index (χ2v) is 6.45. The van der Waals surface area contributed by atoms with Crippen LogP contribution in [0.15, 0.2) is 53.8 Å². The zero-order valence-electron chi connectivity index (χ0n) is 15.4. The van der Waals surface area contributed by atoms with Gasteiger partial charge < -0.3 is 10.3 Å². The number of hydrazone groups is 1. The number of amides is 2. The molecule has 0 saturated carbocycles. The molecule has 2 amide bonds. The number of hydrogen-bond acceptors (Lipinski definition) is 3. The standard InChI is InChI=1S/C21H22N4O2/c1-14-7-8-15(2)19(11-14)24-20(26)9-10-21(27)25-23-13-16-12-22-18-6-4-3-5-17(16)18/h3-8,11-13,22H,9-10H2,1-2H3,(H,24,26)(H,25,27)/b23-13-. The van der Waals surface area contributed by atoms with Crippen LogP contribution in [0.25, 0.3) is 10.9 Å². The number of aryl methyl sites for hydroxylation is 2. The van der Waals surface area contributed by atoms with Crippen LogP contribution in [0, 0.1) is 13.8 Å². The summed E-state index contributed by atoms with van der Waals surface area (Å²) in [4.78, 5) is 27.1. The van der Waals surface area contributed by atoms with Crippen LogP contribution >= 0.6 is 0 Å². The first-order valence-electron chi connectivity index (χ1n) is 8.78. The first-order valence-corrected chi connectivity index (χ1v) is 8.78. The van der Waals surface area contributed by atoms with Crippen LogP contribution < -0.4 is 10.7 Å². The van der Waals surface area contributed by atoms with E-state index in [1.165, 1.54) is 0 Å². The molecule has 1 aromatic heterocycles. The van der Waals surface area contributed by atoms with Gasteiger partial charge in [0.15, 0.2) is 0 Å². The molecule has 0 radical (unpaired) electrons. The van der Waals surface area contributed by atoms with Gasteiger partial charge in [-0.05, 0) is 37.1 Å². The van der Waals surface area contributed by atoms with Gasteiger partial charge in [0, 0.05) is 41.2 Å². The van der Waals surface area contributed by atoms with Gasteiger partial charge in [-0.3, -0.25) is 9.59 Å². The summed E-state index contributed by atoms with van der Waals surface area (Å²) < 4.78 is 0. The van der Waals surface area contributed by atoms with E-state index in [-0.39, 0.29) is 24.7 Å². The Morgan fingerprint density at radius 1 is 1.07 bits per heavy atom. The lowest BCUT2D eigenvalue weighted by Gasteiger charge is -2.09. The third kappa shape index (κ3) is 4.82. The Hall–Kier alpha value is -3.41. The Balaban J connectivity index is 1.48. The van der Waals surface area contributed by atoms with E-state index in [2.05, 4.69) is 20.8 Å². The number of carbonyl (C=O) groups excluding carboxylic acids is 2. The highest BCUT2D eigenvalue weighted by Crippen LogP contribution is 2.17. The van der Waals surface area contributed by atoms with Crippen molar-refractivity contribution in [3.8, 4) is 0 Å². The fourth-order valence-electron chi connectivity index (χ4n) is 2.74. The number of nitrogens with one attached hydrogen (secondary N) is 3. The summed E-state index contributed by atoms with van der Waals surface area (Å²) >= 11 is 0. The molecule has 0 spiro atoms. The van der Waals surface area contributed by atoms with E-state index >= 15 is 0 Å². The van der Waals surface area contributed by atoms with E-state index in [0.29, 0.717) is 0 Å². The first kappa shape index (κ1) is 18.4. The monoisotopic (exact) mass is 362 g/mol. The smallest absolute Gasteiger partial charge is 0.240 e. The van der Waals surface area contributed by atoms with Crippen molar-refractivity contribution in [1.82, 2.24) is 10.4 Å². The summed E-state index contributed by atoms with van der Waals surface area (Å²) in [5, 5.41) is 7.85. The summed E-state index contributed by atoms with van der Waals surface area (Å²) in [5.41, 5.74) is 7.19. The lowest BCUT2D eigenvalue weighted by molar-refractivity contribution is -0.124. The van der Waals surface area contributed by atoms with E-state index < -0.39 is 0 Å². The van der Waals surface area contributed by atoms with Crippen molar-refractivity contribution in [1.29, 1.82) is 0 Å². The molecule has 0 aliphatic rings. The maximum absolute atomic E-state index is 12.1. The van der Waals surface area contributed by atoms with Crippen LogP contribution in [0.4, 0.5) is 5.69 Å². The van der Waals surface area contributed by atoms with Gasteiger partial charge in [-0.15, -0.1) is 0 Å². The molecule has 0 aliphatic carbocycles. The highest BCUT2D eigenvalue weighted by molar-refractivity contribution is 5.99. The van der Waals surface area contributed by atoms with E-state index in [4.69, 9.17) is 0 Å². The van der Waals surface area contributed by atoms with Crippen molar-refractivity contribution >= 4 is 34.6 Å². The third-order valence-electron chi connectivity index (χ3n) is 4.26. The molecule has 2 aromatic carbocycles. The van der Waals surface area contributed by atoms with Crippen molar-refractivity contribution in [3.05, 3.63) is 65.4 Å². The molecular formula is C21H22N4O2. The summed E-state index contributed by atoms with van der Waals surface area (Å²) in [6.45, 7) is 3.90. The number of hydrogen-bond donors (Lipinski definition) is 3. The number of H-pyrrole nitrogens is 1. The van der Waals surface area contributed by atoms with Gasteiger partial charge in [0.25, 0.3) is 0 Å². The van der Waals surface area contributed by atoms with E-state index in [9.17, 15) is 9.59 Å². The lowest BCUT2D eigenvalue weighted by atomic mass is 10.1.